The summed E-state index contributed by atoms with van der Waals surface area (Å²) in [7, 11) is 0. The van der Waals surface area contributed by atoms with Gasteiger partial charge in [-0.2, -0.15) is 0 Å². The third kappa shape index (κ3) is 3.62. The third-order valence-corrected chi connectivity index (χ3v) is 6.21. The van der Waals surface area contributed by atoms with Crippen LogP contribution in [0.1, 0.15) is 23.0 Å². The summed E-state index contributed by atoms with van der Waals surface area (Å²) in [4.78, 5) is 20.8. The highest BCUT2D eigenvalue weighted by molar-refractivity contribution is 9.11. The smallest absolute Gasteiger partial charge is 0.320 e. The minimum Gasteiger partial charge on any atom is -0.506 e. The molecule has 0 spiro atoms. The number of H-pyrrole nitrogens is 1. The van der Waals surface area contributed by atoms with Crippen LogP contribution in [0.15, 0.2) is 75.7 Å². The predicted molar refractivity (Wildman–Crippen MR) is 127 cm³/mol. The van der Waals surface area contributed by atoms with E-state index in [2.05, 4.69) is 47.5 Å². The van der Waals surface area contributed by atoms with Crippen LogP contribution in [0.2, 0.25) is 0 Å². The number of urea groups is 1. The van der Waals surface area contributed by atoms with Gasteiger partial charge in [-0.25, -0.2) is 9.78 Å². The molecule has 8 heteroatoms. The molecule has 1 aliphatic heterocycles. The van der Waals surface area contributed by atoms with Crippen molar-refractivity contribution in [1.82, 2.24) is 20.6 Å². The molecule has 0 saturated carbocycles. The Kier molecular flexibility index (Phi) is 5.03. The Bertz CT molecular complexity index is 1320. The summed E-state index contributed by atoms with van der Waals surface area (Å²) in [5.41, 5.74) is 4.43. The minimum absolute atomic E-state index is 0.0522. The molecule has 0 bridgehead atoms. The summed E-state index contributed by atoms with van der Waals surface area (Å²) < 4.78 is 1.29. The van der Waals surface area contributed by atoms with Gasteiger partial charge in [0.05, 0.1) is 27.2 Å². The molecule has 0 aliphatic carbocycles. The SMILES string of the molecule is O=C1NC(c2ccccc2)=C(c2nc3ccccc3[nH]2)[C@@H](c2cc(Br)cc(Br)c2O)N1. The van der Waals surface area contributed by atoms with Crippen molar-refractivity contribution in [2.45, 2.75) is 6.04 Å². The van der Waals surface area contributed by atoms with Gasteiger partial charge in [-0.15, -0.1) is 0 Å². The highest BCUT2D eigenvalue weighted by atomic mass is 79.9. The van der Waals surface area contributed by atoms with Crippen molar-refractivity contribution in [3.05, 3.63) is 92.6 Å². The van der Waals surface area contributed by atoms with E-state index in [1.165, 1.54) is 0 Å². The van der Waals surface area contributed by atoms with Gasteiger partial charge in [0.15, 0.2) is 0 Å². The predicted octanol–water partition coefficient (Wildman–Crippen LogP) is 5.72. The molecule has 0 unspecified atom stereocenters. The number of imidazole rings is 1. The van der Waals surface area contributed by atoms with E-state index in [-0.39, 0.29) is 11.8 Å². The number of carbonyl (C=O) groups is 1. The van der Waals surface area contributed by atoms with Crippen LogP contribution in [0.5, 0.6) is 5.75 Å². The molecular formula is C23H16Br2N4O2. The zero-order valence-corrected chi connectivity index (χ0v) is 19.2. The molecule has 5 rings (SSSR count). The van der Waals surface area contributed by atoms with Crippen molar-refractivity contribution >= 4 is 60.2 Å². The Morgan fingerprint density at radius 3 is 2.48 bits per heavy atom. The average molecular weight is 540 g/mol. The van der Waals surface area contributed by atoms with Gasteiger partial charge in [-0.05, 0) is 45.8 Å². The summed E-state index contributed by atoms with van der Waals surface area (Å²) in [6.45, 7) is 0. The molecule has 2 amide bonds. The first-order valence-electron chi connectivity index (χ1n) is 9.51. The number of hydrogen-bond acceptors (Lipinski definition) is 3. The van der Waals surface area contributed by atoms with E-state index in [1.54, 1.807) is 12.1 Å². The average Bonchev–Trinajstić information content (AvgIpc) is 3.20. The van der Waals surface area contributed by atoms with E-state index < -0.39 is 6.04 Å². The van der Waals surface area contributed by atoms with Crippen molar-refractivity contribution in [3.63, 3.8) is 0 Å². The maximum atomic E-state index is 12.7. The van der Waals surface area contributed by atoms with Gasteiger partial charge in [0.25, 0.3) is 0 Å². The number of halogens is 2. The summed E-state index contributed by atoms with van der Waals surface area (Å²) >= 11 is 6.88. The van der Waals surface area contributed by atoms with E-state index in [0.717, 1.165) is 26.6 Å². The number of hydrogen-bond donors (Lipinski definition) is 4. The molecule has 1 aliphatic rings. The number of fused-ring (bicyclic) bond motifs is 1. The van der Waals surface area contributed by atoms with E-state index in [1.807, 2.05) is 54.6 Å². The highest BCUT2D eigenvalue weighted by Crippen LogP contribution is 2.43. The van der Waals surface area contributed by atoms with Crippen LogP contribution in [0.4, 0.5) is 4.79 Å². The number of aromatic hydroxyl groups is 1. The zero-order chi connectivity index (χ0) is 21.5. The van der Waals surface area contributed by atoms with E-state index >= 15 is 0 Å². The highest BCUT2D eigenvalue weighted by Gasteiger charge is 2.34. The second kappa shape index (κ2) is 7.86. The van der Waals surface area contributed by atoms with Crippen molar-refractivity contribution < 1.29 is 9.90 Å². The molecule has 6 nitrogen and oxygen atoms in total. The quantitative estimate of drug-likeness (QED) is 0.268. The number of benzene rings is 3. The van der Waals surface area contributed by atoms with Crippen LogP contribution < -0.4 is 10.6 Å². The number of phenolic OH excluding ortho intramolecular Hbond substituents is 1. The van der Waals surface area contributed by atoms with Crippen LogP contribution in [0, 0.1) is 0 Å². The second-order valence-electron chi connectivity index (χ2n) is 7.11. The Hall–Kier alpha value is -3.10. The van der Waals surface area contributed by atoms with Gasteiger partial charge in [-0.3, -0.25) is 0 Å². The number of aromatic nitrogens is 2. The summed E-state index contributed by atoms with van der Waals surface area (Å²) in [6, 6.07) is 19.9. The van der Waals surface area contributed by atoms with Gasteiger partial charge in [0.2, 0.25) is 0 Å². The van der Waals surface area contributed by atoms with Gasteiger partial charge < -0.3 is 20.7 Å². The van der Waals surface area contributed by atoms with E-state index in [0.29, 0.717) is 21.6 Å². The fourth-order valence-corrected chi connectivity index (χ4v) is 5.03. The molecule has 0 radical (unpaired) electrons. The van der Waals surface area contributed by atoms with Crippen LogP contribution in [-0.2, 0) is 0 Å². The number of aromatic amines is 1. The molecule has 0 saturated heterocycles. The van der Waals surface area contributed by atoms with Crippen molar-refractivity contribution in [3.8, 4) is 5.75 Å². The fourth-order valence-electron chi connectivity index (χ4n) is 3.77. The standard InChI is InChI=1S/C23H16Br2N4O2/c24-13-10-14(21(30)15(25)11-13)20-18(22-26-16-8-4-5-9-17(16)27-22)19(28-23(31)29-20)12-6-2-1-3-7-12/h1-11,20,30H,(H,26,27)(H2,28,29,31)/t20-/m1/s1. The first kappa shape index (κ1) is 19.8. The number of para-hydroxylation sites is 2. The van der Waals surface area contributed by atoms with Crippen molar-refractivity contribution in [2.24, 2.45) is 0 Å². The first-order chi connectivity index (χ1) is 15.0. The zero-order valence-electron chi connectivity index (χ0n) is 16.0. The largest absolute Gasteiger partial charge is 0.506 e. The van der Waals surface area contributed by atoms with E-state index in [9.17, 15) is 9.90 Å². The van der Waals surface area contributed by atoms with Crippen LogP contribution >= 0.6 is 31.9 Å². The number of rotatable bonds is 3. The third-order valence-electron chi connectivity index (χ3n) is 5.15. The number of nitrogens with zero attached hydrogens (tertiary/aromatic N) is 1. The molecule has 1 atom stereocenters. The maximum absolute atomic E-state index is 12.7. The van der Waals surface area contributed by atoms with Gasteiger partial charge in [0, 0.05) is 15.6 Å². The number of phenols is 1. The van der Waals surface area contributed by atoms with Crippen molar-refractivity contribution in [2.75, 3.05) is 0 Å². The summed E-state index contributed by atoms with van der Waals surface area (Å²) in [6.07, 6.45) is 0. The molecule has 0 fully saturated rings. The van der Waals surface area contributed by atoms with Crippen LogP contribution in [0.25, 0.3) is 22.3 Å². The summed E-state index contributed by atoms with van der Waals surface area (Å²) in [5, 5.41) is 16.7. The molecule has 154 valence electrons. The van der Waals surface area contributed by atoms with E-state index in [4.69, 9.17) is 4.98 Å². The Balaban J connectivity index is 1.81. The Labute approximate surface area is 194 Å². The van der Waals surface area contributed by atoms with Crippen LogP contribution in [-0.4, -0.2) is 21.1 Å². The molecule has 2 heterocycles. The topological polar surface area (TPSA) is 90.0 Å². The molecular weight excluding hydrogens is 524 g/mol. The minimum atomic E-state index is -0.640. The maximum Gasteiger partial charge on any atom is 0.320 e. The van der Waals surface area contributed by atoms with Crippen molar-refractivity contribution in [1.29, 1.82) is 0 Å². The Morgan fingerprint density at radius 2 is 1.71 bits per heavy atom. The van der Waals surface area contributed by atoms with Gasteiger partial charge >= 0.3 is 6.03 Å². The number of nitrogens with one attached hydrogen (secondary N) is 3. The second-order valence-corrected chi connectivity index (χ2v) is 8.88. The Morgan fingerprint density at radius 1 is 0.968 bits per heavy atom. The fraction of sp³-hybridized carbons (Fsp3) is 0.0435. The van der Waals surface area contributed by atoms with Gasteiger partial charge in [-0.1, -0.05) is 58.4 Å². The monoisotopic (exact) mass is 538 g/mol. The molecule has 4 aromatic rings. The lowest BCUT2D eigenvalue weighted by Gasteiger charge is -2.30. The first-order valence-corrected chi connectivity index (χ1v) is 11.1. The lowest BCUT2D eigenvalue weighted by Crippen LogP contribution is -2.43. The molecule has 3 aromatic carbocycles. The molecule has 4 N–H and O–H groups in total. The van der Waals surface area contributed by atoms with Gasteiger partial charge in [0.1, 0.15) is 11.6 Å². The normalized spacial score (nSPS) is 16.3. The summed E-state index contributed by atoms with van der Waals surface area (Å²) in [5.74, 6) is 0.657. The van der Waals surface area contributed by atoms with Crippen LogP contribution in [0.3, 0.4) is 0 Å². The lowest BCUT2D eigenvalue weighted by molar-refractivity contribution is 0.242. The molecule has 31 heavy (non-hydrogen) atoms. The molecule has 1 aromatic heterocycles. The number of carbonyl (C=O) groups excluding carboxylic acids is 1. The lowest BCUT2D eigenvalue weighted by atomic mass is 9.91. The number of amides is 2.